The molecule has 144 valence electrons. The van der Waals surface area contributed by atoms with E-state index >= 15 is 0 Å². The van der Waals surface area contributed by atoms with Crippen molar-refractivity contribution >= 4 is 10.9 Å². The van der Waals surface area contributed by atoms with Crippen molar-refractivity contribution in [1.29, 1.82) is 0 Å². The second kappa shape index (κ2) is 9.67. The van der Waals surface area contributed by atoms with Crippen molar-refractivity contribution in [3.8, 4) is 0 Å². The number of hydrogen-bond acceptors (Lipinski definition) is 2. The van der Waals surface area contributed by atoms with Gasteiger partial charge in [0.1, 0.15) is 5.82 Å². The molecule has 0 aliphatic heterocycles. The average molecular weight is 368 g/mol. The van der Waals surface area contributed by atoms with Crippen LogP contribution in [0.4, 0.5) is 4.39 Å². The van der Waals surface area contributed by atoms with Crippen LogP contribution in [0.15, 0.2) is 54.7 Å². The molecule has 0 saturated carbocycles. The third-order valence-corrected chi connectivity index (χ3v) is 5.21. The Hall–Kier alpha value is -2.17. The summed E-state index contributed by atoms with van der Waals surface area (Å²) >= 11 is 0. The maximum Gasteiger partial charge on any atom is 0.128 e. The molecule has 0 amide bonds. The van der Waals surface area contributed by atoms with E-state index in [9.17, 15) is 4.39 Å². The predicted octanol–water partition coefficient (Wildman–Crippen LogP) is 4.65. The predicted molar refractivity (Wildman–Crippen MR) is 112 cm³/mol. The lowest BCUT2D eigenvalue weighted by molar-refractivity contribution is 0.298. The molecule has 0 aliphatic carbocycles. The Kier molecular flexibility index (Phi) is 7.02. The van der Waals surface area contributed by atoms with Gasteiger partial charge in [-0.2, -0.15) is 0 Å². The quantitative estimate of drug-likeness (QED) is 0.526. The van der Waals surface area contributed by atoms with E-state index in [1.165, 1.54) is 17.0 Å². The third-order valence-electron chi connectivity index (χ3n) is 5.21. The normalized spacial score (nSPS) is 11.6. The Morgan fingerprint density at radius 2 is 1.70 bits per heavy atom. The average Bonchev–Trinajstić information content (AvgIpc) is 3.04. The first-order chi connectivity index (χ1) is 13.2. The summed E-state index contributed by atoms with van der Waals surface area (Å²) in [4.78, 5) is 2.45. The largest absolute Gasteiger partial charge is 0.343 e. The van der Waals surface area contributed by atoms with Crippen molar-refractivity contribution in [1.82, 2.24) is 14.8 Å². The van der Waals surface area contributed by atoms with Crippen LogP contribution in [0.3, 0.4) is 0 Å². The number of nitrogens with one attached hydrogen (secondary N) is 1. The molecule has 0 fully saturated rings. The Morgan fingerprint density at radius 1 is 0.963 bits per heavy atom. The van der Waals surface area contributed by atoms with Crippen LogP contribution >= 0.6 is 0 Å². The smallest absolute Gasteiger partial charge is 0.128 e. The number of rotatable bonds is 10. The molecule has 0 bridgehead atoms. The van der Waals surface area contributed by atoms with E-state index in [0.717, 1.165) is 50.2 Å². The number of hydrogen-bond donors (Lipinski definition) is 1. The topological polar surface area (TPSA) is 20.2 Å². The van der Waals surface area contributed by atoms with Crippen LogP contribution in [0.1, 0.15) is 31.4 Å². The van der Waals surface area contributed by atoms with Gasteiger partial charge in [-0.05, 0) is 50.3 Å². The number of halogens is 1. The number of nitrogens with zero attached hydrogens (tertiary/aromatic N) is 2. The Bertz CT molecular complexity index is 852. The molecule has 3 aromatic rings. The lowest BCUT2D eigenvalue weighted by Gasteiger charge is -2.17. The second-order valence-corrected chi connectivity index (χ2v) is 6.95. The van der Waals surface area contributed by atoms with E-state index in [0.29, 0.717) is 6.54 Å². The minimum Gasteiger partial charge on any atom is -0.343 e. The minimum absolute atomic E-state index is 0.147. The summed E-state index contributed by atoms with van der Waals surface area (Å²) in [6, 6.07) is 15.4. The summed E-state index contributed by atoms with van der Waals surface area (Å²) in [6.45, 7) is 10.2. The monoisotopic (exact) mass is 367 g/mol. The zero-order valence-electron chi connectivity index (χ0n) is 16.4. The van der Waals surface area contributed by atoms with Crippen LogP contribution in [-0.4, -0.2) is 35.6 Å². The molecule has 0 atom stereocenters. The number of benzene rings is 2. The maximum absolute atomic E-state index is 14.1. The Balaban J connectivity index is 1.67. The zero-order chi connectivity index (χ0) is 19.1. The summed E-state index contributed by atoms with van der Waals surface area (Å²) in [7, 11) is 0. The van der Waals surface area contributed by atoms with E-state index in [-0.39, 0.29) is 5.82 Å². The van der Waals surface area contributed by atoms with Crippen molar-refractivity contribution in [3.63, 3.8) is 0 Å². The molecule has 27 heavy (non-hydrogen) atoms. The minimum atomic E-state index is -0.147. The molecule has 0 aliphatic rings. The van der Waals surface area contributed by atoms with Gasteiger partial charge in [-0.25, -0.2) is 4.39 Å². The lowest BCUT2D eigenvalue weighted by Crippen LogP contribution is -2.27. The lowest BCUT2D eigenvalue weighted by atomic mass is 10.2. The standard InChI is InChI=1S/C23H30FN3/c1-3-26(4-2)15-9-14-25-16-20-18-27(23-13-8-6-11-21(20)23)17-19-10-5-7-12-22(19)24/h5-8,10-13,18,25H,3-4,9,14-17H2,1-2H3. The molecule has 0 radical (unpaired) electrons. The number of aromatic nitrogens is 1. The Labute approximate surface area is 161 Å². The SMILES string of the molecule is CCN(CC)CCCNCc1cn(Cc2ccccc2F)c2ccccc12. The molecule has 0 saturated heterocycles. The first kappa shape index (κ1) is 19.6. The van der Waals surface area contributed by atoms with Gasteiger partial charge in [-0.15, -0.1) is 0 Å². The highest BCUT2D eigenvalue weighted by molar-refractivity contribution is 5.84. The highest BCUT2D eigenvalue weighted by Crippen LogP contribution is 2.23. The van der Waals surface area contributed by atoms with Gasteiger partial charge in [-0.3, -0.25) is 0 Å². The fourth-order valence-corrected chi connectivity index (χ4v) is 3.60. The molecular weight excluding hydrogens is 337 g/mol. The van der Waals surface area contributed by atoms with Crippen LogP contribution in [0.5, 0.6) is 0 Å². The van der Waals surface area contributed by atoms with E-state index in [1.54, 1.807) is 6.07 Å². The molecule has 1 heterocycles. The first-order valence-corrected chi connectivity index (χ1v) is 9.96. The highest BCUT2D eigenvalue weighted by atomic mass is 19.1. The molecule has 1 aromatic heterocycles. The second-order valence-electron chi connectivity index (χ2n) is 6.95. The van der Waals surface area contributed by atoms with Crippen molar-refractivity contribution < 1.29 is 4.39 Å². The summed E-state index contributed by atoms with van der Waals surface area (Å²) in [6.07, 6.45) is 3.31. The molecular formula is C23H30FN3. The molecule has 0 spiro atoms. The third kappa shape index (κ3) is 4.96. The molecule has 3 rings (SSSR count). The summed E-state index contributed by atoms with van der Waals surface area (Å²) in [5, 5.41) is 4.81. The van der Waals surface area contributed by atoms with Gasteiger partial charge >= 0.3 is 0 Å². The maximum atomic E-state index is 14.1. The molecule has 2 aromatic carbocycles. The van der Waals surface area contributed by atoms with Crippen LogP contribution in [-0.2, 0) is 13.1 Å². The fourth-order valence-electron chi connectivity index (χ4n) is 3.60. The van der Waals surface area contributed by atoms with E-state index in [1.807, 2.05) is 18.2 Å². The summed E-state index contributed by atoms with van der Waals surface area (Å²) in [5.74, 6) is -0.147. The fraction of sp³-hybridized carbons (Fsp3) is 0.391. The van der Waals surface area contributed by atoms with Gasteiger partial charge in [0.2, 0.25) is 0 Å². The van der Waals surface area contributed by atoms with Crippen molar-refractivity contribution in [3.05, 3.63) is 71.7 Å². The van der Waals surface area contributed by atoms with Gasteiger partial charge in [0.25, 0.3) is 0 Å². The molecule has 1 N–H and O–H groups in total. The van der Waals surface area contributed by atoms with Gasteiger partial charge in [0.05, 0.1) is 6.54 Å². The van der Waals surface area contributed by atoms with Crippen LogP contribution < -0.4 is 5.32 Å². The molecule has 3 nitrogen and oxygen atoms in total. The summed E-state index contributed by atoms with van der Waals surface area (Å²) < 4.78 is 16.2. The van der Waals surface area contributed by atoms with Gasteiger partial charge in [-0.1, -0.05) is 50.2 Å². The van der Waals surface area contributed by atoms with Crippen LogP contribution in [0.25, 0.3) is 10.9 Å². The van der Waals surface area contributed by atoms with Gasteiger partial charge in [0.15, 0.2) is 0 Å². The Morgan fingerprint density at radius 3 is 2.48 bits per heavy atom. The molecule has 0 unspecified atom stereocenters. The molecule has 4 heteroatoms. The van der Waals surface area contributed by atoms with Gasteiger partial charge < -0.3 is 14.8 Å². The van der Waals surface area contributed by atoms with Crippen LogP contribution in [0.2, 0.25) is 0 Å². The van der Waals surface area contributed by atoms with Crippen LogP contribution in [0, 0.1) is 5.82 Å². The summed E-state index contributed by atoms with van der Waals surface area (Å²) in [5.41, 5.74) is 3.14. The number of para-hydroxylation sites is 1. The first-order valence-electron chi connectivity index (χ1n) is 9.96. The van der Waals surface area contributed by atoms with Crippen molar-refractivity contribution in [2.75, 3.05) is 26.2 Å². The number of fused-ring (bicyclic) bond motifs is 1. The van der Waals surface area contributed by atoms with Gasteiger partial charge in [0, 0.05) is 29.2 Å². The zero-order valence-corrected chi connectivity index (χ0v) is 16.4. The van der Waals surface area contributed by atoms with Crippen molar-refractivity contribution in [2.45, 2.75) is 33.4 Å². The van der Waals surface area contributed by atoms with E-state index in [2.05, 4.69) is 53.0 Å². The van der Waals surface area contributed by atoms with E-state index < -0.39 is 0 Å². The van der Waals surface area contributed by atoms with E-state index in [4.69, 9.17) is 0 Å². The van der Waals surface area contributed by atoms with Crippen molar-refractivity contribution in [2.24, 2.45) is 0 Å². The highest BCUT2D eigenvalue weighted by Gasteiger charge is 2.10.